The van der Waals surface area contributed by atoms with Crippen LogP contribution in [0.1, 0.15) is 25.3 Å². The van der Waals surface area contributed by atoms with Gasteiger partial charge in [-0.25, -0.2) is 4.98 Å². The maximum atomic E-state index is 12.7. The van der Waals surface area contributed by atoms with Gasteiger partial charge in [-0.2, -0.15) is 0 Å². The van der Waals surface area contributed by atoms with E-state index in [4.69, 9.17) is 9.47 Å². The summed E-state index contributed by atoms with van der Waals surface area (Å²) in [5.74, 6) is 2.41. The second-order valence-corrected chi connectivity index (χ2v) is 7.47. The first-order chi connectivity index (χ1) is 14.7. The molecule has 2 N–H and O–H groups in total. The number of ether oxygens (including phenoxy) is 2. The number of aromatic nitrogens is 2. The van der Waals surface area contributed by atoms with E-state index in [0.717, 1.165) is 48.5 Å². The normalized spacial score (nSPS) is 14.7. The van der Waals surface area contributed by atoms with Crippen LogP contribution in [0.25, 0.3) is 11.0 Å². The van der Waals surface area contributed by atoms with Crippen molar-refractivity contribution in [2.24, 2.45) is 5.92 Å². The topological polar surface area (TPSA) is 79.5 Å². The van der Waals surface area contributed by atoms with E-state index in [9.17, 15) is 4.79 Å². The number of hydrogen-bond acceptors (Lipinski definition) is 5. The molecule has 7 nitrogen and oxygen atoms in total. The Hall–Kier alpha value is -3.22. The predicted octanol–water partition coefficient (Wildman–Crippen LogP) is 3.50. The van der Waals surface area contributed by atoms with E-state index in [1.165, 1.54) is 0 Å². The fraction of sp³-hybridized carbons (Fsp3) is 0.391. The number of hydrogen-bond donors (Lipinski definition) is 2. The van der Waals surface area contributed by atoms with Crippen LogP contribution in [0.5, 0.6) is 11.5 Å². The Kier molecular flexibility index (Phi) is 6.07. The molecule has 4 rings (SSSR count). The Morgan fingerprint density at radius 1 is 1.20 bits per heavy atom. The maximum Gasteiger partial charge on any atom is 0.223 e. The SMILES string of the molecule is CCOc1cc(CNC(=O)C2CCN(c3nc4ccccc4[nH]3)CC2)ccc1OC. The molecule has 3 aromatic rings. The van der Waals surface area contributed by atoms with Crippen LogP contribution in [0.3, 0.4) is 0 Å². The summed E-state index contributed by atoms with van der Waals surface area (Å²) >= 11 is 0. The van der Waals surface area contributed by atoms with Crippen LogP contribution in [0.4, 0.5) is 5.95 Å². The molecular formula is C23H28N4O3. The van der Waals surface area contributed by atoms with Gasteiger partial charge < -0.3 is 24.7 Å². The van der Waals surface area contributed by atoms with Crippen LogP contribution in [-0.4, -0.2) is 42.7 Å². The summed E-state index contributed by atoms with van der Waals surface area (Å²) < 4.78 is 10.9. The lowest BCUT2D eigenvalue weighted by Crippen LogP contribution is -2.40. The standard InChI is InChI=1S/C23H28N4O3/c1-3-30-21-14-16(8-9-20(21)29-2)15-24-22(28)17-10-12-27(13-11-17)23-25-18-6-4-5-7-19(18)26-23/h4-9,14,17H,3,10-13,15H2,1-2H3,(H,24,28)(H,25,26). The molecule has 158 valence electrons. The molecule has 1 aliphatic heterocycles. The van der Waals surface area contributed by atoms with E-state index in [1.54, 1.807) is 7.11 Å². The Balaban J connectivity index is 1.31. The molecule has 1 aliphatic rings. The van der Waals surface area contributed by atoms with Gasteiger partial charge in [0.2, 0.25) is 11.9 Å². The molecule has 0 aliphatic carbocycles. The zero-order valence-corrected chi connectivity index (χ0v) is 17.5. The number of nitrogens with zero attached hydrogens (tertiary/aromatic N) is 2. The van der Waals surface area contributed by atoms with Crippen molar-refractivity contribution in [2.45, 2.75) is 26.3 Å². The Morgan fingerprint density at radius 3 is 2.73 bits per heavy atom. The minimum Gasteiger partial charge on any atom is -0.493 e. The predicted molar refractivity (Wildman–Crippen MR) is 117 cm³/mol. The molecule has 2 heterocycles. The van der Waals surface area contributed by atoms with Gasteiger partial charge in [0.25, 0.3) is 0 Å². The van der Waals surface area contributed by atoms with Crippen LogP contribution in [0.15, 0.2) is 42.5 Å². The third kappa shape index (κ3) is 4.35. The molecule has 1 saturated heterocycles. The lowest BCUT2D eigenvalue weighted by atomic mass is 9.96. The second kappa shape index (κ2) is 9.07. The van der Waals surface area contributed by atoms with Crippen molar-refractivity contribution in [1.29, 1.82) is 0 Å². The largest absolute Gasteiger partial charge is 0.493 e. The van der Waals surface area contributed by atoms with E-state index in [0.29, 0.717) is 24.7 Å². The third-order valence-corrected chi connectivity index (χ3v) is 5.54. The number of carbonyl (C=O) groups is 1. The van der Waals surface area contributed by atoms with Crippen molar-refractivity contribution < 1.29 is 14.3 Å². The number of benzene rings is 2. The highest BCUT2D eigenvalue weighted by atomic mass is 16.5. The summed E-state index contributed by atoms with van der Waals surface area (Å²) in [6.45, 7) is 4.61. The van der Waals surface area contributed by atoms with E-state index < -0.39 is 0 Å². The van der Waals surface area contributed by atoms with E-state index in [2.05, 4.69) is 20.2 Å². The van der Waals surface area contributed by atoms with Gasteiger partial charge in [-0.1, -0.05) is 18.2 Å². The molecule has 0 spiro atoms. The second-order valence-electron chi connectivity index (χ2n) is 7.47. The number of piperidine rings is 1. The van der Waals surface area contributed by atoms with Crippen molar-refractivity contribution in [3.63, 3.8) is 0 Å². The smallest absolute Gasteiger partial charge is 0.223 e. The van der Waals surface area contributed by atoms with Crippen molar-refractivity contribution in [2.75, 3.05) is 31.7 Å². The minimum atomic E-state index is 0.0234. The van der Waals surface area contributed by atoms with Gasteiger partial charge in [-0.05, 0) is 49.6 Å². The fourth-order valence-electron chi connectivity index (χ4n) is 3.88. The first-order valence-corrected chi connectivity index (χ1v) is 10.4. The number of anilines is 1. The molecule has 0 bridgehead atoms. The Morgan fingerprint density at radius 2 is 2.00 bits per heavy atom. The monoisotopic (exact) mass is 408 g/mol. The van der Waals surface area contributed by atoms with Crippen LogP contribution < -0.4 is 19.7 Å². The molecule has 0 saturated carbocycles. The van der Waals surface area contributed by atoms with E-state index in [-0.39, 0.29) is 11.8 Å². The highest BCUT2D eigenvalue weighted by molar-refractivity contribution is 5.79. The quantitative estimate of drug-likeness (QED) is 0.626. The summed E-state index contributed by atoms with van der Waals surface area (Å²) in [7, 11) is 1.62. The van der Waals surface area contributed by atoms with Gasteiger partial charge in [-0.15, -0.1) is 0 Å². The molecule has 1 fully saturated rings. The van der Waals surface area contributed by atoms with Gasteiger partial charge in [0, 0.05) is 25.6 Å². The first-order valence-electron chi connectivity index (χ1n) is 10.4. The molecule has 0 radical (unpaired) electrons. The zero-order chi connectivity index (χ0) is 20.9. The number of fused-ring (bicyclic) bond motifs is 1. The molecule has 1 amide bonds. The minimum absolute atomic E-state index is 0.0234. The summed E-state index contributed by atoms with van der Waals surface area (Å²) in [4.78, 5) is 22.9. The van der Waals surface area contributed by atoms with Gasteiger partial charge in [0.15, 0.2) is 11.5 Å². The van der Waals surface area contributed by atoms with Gasteiger partial charge >= 0.3 is 0 Å². The van der Waals surface area contributed by atoms with Crippen LogP contribution in [0, 0.1) is 5.92 Å². The Bertz CT molecular complexity index is 976. The molecule has 0 atom stereocenters. The summed E-state index contributed by atoms with van der Waals surface area (Å²) in [5.41, 5.74) is 3.00. The lowest BCUT2D eigenvalue weighted by Gasteiger charge is -2.31. The summed E-state index contributed by atoms with van der Waals surface area (Å²) in [5, 5.41) is 3.07. The molecule has 1 aromatic heterocycles. The number of nitrogens with one attached hydrogen (secondary N) is 2. The number of carbonyl (C=O) groups excluding carboxylic acids is 1. The van der Waals surface area contributed by atoms with Crippen LogP contribution in [0.2, 0.25) is 0 Å². The average molecular weight is 409 g/mol. The highest BCUT2D eigenvalue weighted by Crippen LogP contribution is 2.28. The number of imidazole rings is 1. The lowest BCUT2D eigenvalue weighted by molar-refractivity contribution is -0.125. The maximum absolute atomic E-state index is 12.7. The van der Waals surface area contributed by atoms with Crippen molar-refractivity contribution >= 4 is 22.9 Å². The number of aromatic amines is 1. The average Bonchev–Trinajstić information content (AvgIpc) is 3.22. The van der Waals surface area contributed by atoms with Crippen molar-refractivity contribution in [3.8, 4) is 11.5 Å². The number of methoxy groups -OCH3 is 1. The number of amides is 1. The van der Waals surface area contributed by atoms with Gasteiger partial charge in [0.05, 0.1) is 24.8 Å². The highest BCUT2D eigenvalue weighted by Gasteiger charge is 2.26. The third-order valence-electron chi connectivity index (χ3n) is 5.54. The first kappa shape index (κ1) is 20.1. The summed E-state index contributed by atoms with van der Waals surface area (Å²) in [6, 6.07) is 13.8. The van der Waals surface area contributed by atoms with Gasteiger partial charge in [-0.3, -0.25) is 4.79 Å². The van der Waals surface area contributed by atoms with E-state index >= 15 is 0 Å². The van der Waals surface area contributed by atoms with Crippen molar-refractivity contribution in [1.82, 2.24) is 15.3 Å². The molecular weight excluding hydrogens is 380 g/mol. The molecule has 0 unspecified atom stereocenters. The zero-order valence-electron chi connectivity index (χ0n) is 17.5. The van der Waals surface area contributed by atoms with Gasteiger partial charge in [0.1, 0.15) is 0 Å². The molecule has 7 heteroatoms. The Labute approximate surface area is 176 Å². The summed E-state index contributed by atoms with van der Waals surface area (Å²) in [6.07, 6.45) is 1.63. The number of rotatable bonds is 7. The van der Waals surface area contributed by atoms with E-state index in [1.807, 2.05) is 49.4 Å². The number of H-pyrrole nitrogens is 1. The van der Waals surface area contributed by atoms with Crippen LogP contribution in [-0.2, 0) is 11.3 Å². The molecule has 30 heavy (non-hydrogen) atoms. The fourth-order valence-corrected chi connectivity index (χ4v) is 3.88. The van der Waals surface area contributed by atoms with Crippen molar-refractivity contribution in [3.05, 3.63) is 48.0 Å². The molecule has 2 aromatic carbocycles. The van der Waals surface area contributed by atoms with Crippen LogP contribution >= 0.6 is 0 Å². The number of para-hydroxylation sites is 2.